The smallest absolute Gasteiger partial charge is 0.268 e. The fourth-order valence-corrected chi connectivity index (χ4v) is 2.87. The summed E-state index contributed by atoms with van der Waals surface area (Å²) in [5.74, 6) is -0.547. The molecule has 0 unspecified atom stereocenters. The molecule has 1 N–H and O–H groups in total. The van der Waals surface area contributed by atoms with E-state index in [9.17, 15) is 9.59 Å². The maximum Gasteiger partial charge on any atom is 0.268 e. The quantitative estimate of drug-likeness (QED) is 0.671. The van der Waals surface area contributed by atoms with Crippen molar-refractivity contribution in [2.75, 3.05) is 14.1 Å². The summed E-state index contributed by atoms with van der Waals surface area (Å²) in [6, 6.07) is 22.4. The predicted molar refractivity (Wildman–Crippen MR) is 111 cm³/mol. The van der Waals surface area contributed by atoms with Crippen molar-refractivity contribution in [1.29, 1.82) is 0 Å². The minimum absolute atomic E-state index is 0.255. The molecule has 0 fully saturated rings. The maximum atomic E-state index is 13.2. The first kappa shape index (κ1) is 19.2. The lowest BCUT2D eigenvalue weighted by Gasteiger charge is -2.14. The minimum atomic E-state index is -0.292. The molecular weight excluding hydrogens is 350 g/mol. The van der Waals surface area contributed by atoms with Gasteiger partial charge < -0.3 is 10.2 Å². The molecule has 0 bridgehead atoms. The van der Waals surface area contributed by atoms with Crippen LogP contribution in [0.1, 0.15) is 26.4 Å². The lowest BCUT2D eigenvalue weighted by Crippen LogP contribution is -2.27. The highest BCUT2D eigenvalue weighted by molar-refractivity contribution is 6.21. The molecule has 0 aliphatic carbocycles. The number of carbonyl (C=O) groups is 2. The fourth-order valence-electron chi connectivity index (χ4n) is 2.87. The highest BCUT2D eigenvalue weighted by atomic mass is 16.2. The molecule has 0 atom stereocenters. The van der Waals surface area contributed by atoms with Crippen LogP contribution in [0.4, 0.5) is 0 Å². The molecule has 0 saturated carbocycles. The van der Waals surface area contributed by atoms with E-state index in [4.69, 9.17) is 0 Å². The van der Waals surface area contributed by atoms with Crippen LogP contribution in [-0.4, -0.2) is 35.4 Å². The molecule has 1 heterocycles. The molecule has 0 saturated heterocycles. The van der Waals surface area contributed by atoms with Gasteiger partial charge in [0.2, 0.25) is 0 Å². The van der Waals surface area contributed by atoms with Crippen molar-refractivity contribution in [3.63, 3.8) is 0 Å². The van der Waals surface area contributed by atoms with E-state index >= 15 is 0 Å². The molecule has 1 aromatic heterocycles. The van der Waals surface area contributed by atoms with E-state index in [1.54, 1.807) is 24.5 Å². The van der Waals surface area contributed by atoms with Gasteiger partial charge in [-0.15, -0.1) is 0 Å². The second kappa shape index (κ2) is 8.86. The van der Waals surface area contributed by atoms with E-state index in [1.165, 1.54) is 4.57 Å². The van der Waals surface area contributed by atoms with Gasteiger partial charge in [0.15, 0.2) is 0 Å². The van der Waals surface area contributed by atoms with E-state index in [2.05, 4.69) is 5.32 Å². The summed E-state index contributed by atoms with van der Waals surface area (Å²) < 4.78 is 1.39. The van der Waals surface area contributed by atoms with E-state index in [-0.39, 0.29) is 11.8 Å². The molecule has 1 amide bonds. The summed E-state index contributed by atoms with van der Waals surface area (Å²) in [5.41, 5.74) is 2.61. The van der Waals surface area contributed by atoms with E-state index < -0.39 is 0 Å². The first-order valence-electron chi connectivity index (χ1n) is 9.04. The molecule has 0 aliphatic rings. The zero-order chi connectivity index (χ0) is 19.9. The maximum absolute atomic E-state index is 13.2. The van der Waals surface area contributed by atoms with Gasteiger partial charge in [-0.1, -0.05) is 60.7 Å². The number of rotatable bonds is 6. The standard InChI is InChI=1S/C23H23N3O2/c1-25(2)17-20(19-12-7-4-8-13-19)23(28)26-15-9-14-21(26)22(27)24-16-18-10-5-3-6-11-18/h3-15,17H,16H2,1-2H3,(H,24,27). The molecule has 2 aromatic carbocycles. The van der Waals surface area contributed by atoms with Gasteiger partial charge in [0.1, 0.15) is 5.69 Å². The van der Waals surface area contributed by atoms with Gasteiger partial charge in [0.25, 0.3) is 11.8 Å². The van der Waals surface area contributed by atoms with Gasteiger partial charge in [-0.05, 0) is 23.3 Å². The van der Waals surface area contributed by atoms with E-state index in [0.717, 1.165) is 11.1 Å². The Morgan fingerprint density at radius 3 is 2.21 bits per heavy atom. The molecule has 3 aromatic rings. The molecule has 5 nitrogen and oxygen atoms in total. The van der Waals surface area contributed by atoms with Crippen LogP contribution in [0.25, 0.3) is 5.57 Å². The zero-order valence-corrected chi connectivity index (χ0v) is 16.0. The summed E-state index contributed by atoms with van der Waals surface area (Å²) in [5, 5.41) is 2.87. The van der Waals surface area contributed by atoms with Crippen molar-refractivity contribution in [1.82, 2.24) is 14.8 Å². The van der Waals surface area contributed by atoms with Gasteiger partial charge in [-0.2, -0.15) is 0 Å². The van der Waals surface area contributed by atoms with Gasteiger partial charge in [-0.3, -0.25) is 14.2 Å². The van der Waals surface area contributed by atoms with Crippen molar-refractivity contribution in [3.8, 4) is 0 Å². The summed E-state index contributed by atoms with van der Waals surface area (Å²) in [4.78, 5) is 27.7. The molecule has 3 rings (SSSR count). The second-order valence-corrected chi connectivity index (χ2v) is 6.61. The normalized spacial score (nSPS) is 11.1. The average molecular weight is 373 g/mol. The number of allylic oxidation sites excluding steroid dienone is 1. The Bertz CT molecular complexity index is 973. The summed E-state index contributed by atoms with van der Waals surface area (Å²) in [6.45, 7) is 0.401. The summed E-state index contributed by atoms with van der Waals surface area (Å²) in [6.07, 6.45) is 3.38. The number of amides is 1. The molecule has 0 radical (unpaired) electrons. The van der Waals surface area contributed by atoms with Crippen LogP contribution < -0.4 is 5.32 Å². The van der Waals surface area contributed by atoms with E-state index in [0.29, 0.717) is 17.8 Å². The predicted octanol–water partition coefficient (Wildman–Crippen LogP) is 3.66. The van der Waals surface area contributed by atoms with Crippen LogP contribution in [0.3, 0.4) is 0 Å². The molecule has 142 valence electrons. The van der Waals surface area contributed by atoms with Crippen LogP contribution in [0.15, 0.2) is 85.2 Å². The van der Waals surface area contributed by atoms with Crippen LogP contribution in [0.5, 0.6) is 0 Å². The van der Waals surface area contributed by atoms with Crippen molar-refractivity contribution in [2.45, 2.75) is 6.54 Å². The zero-order valence-electron chi connectivity index (χ0n) is 16.0. The van der Waals surface area contributed by atoms with Crippen LogP contribution in [-0.2, 0) is 6.54 Å². The minimum Gasteiger partial charge on any atom is -0.383 e. The molecule has 28 heavy (non-hydrogen) atoms. The Balaban J connectivity index is 1.84. The third-order valence-corrected chi connectivity index (χ3v) is 4.20. The van der Waals surface area contributed by atoms with Crippen LogP contribution in [0.2, 0.25) is 0 Å². The molecule has 0 spiro atoms. The number of nitrogens with one attached hydrogen (secondary N) is 1. The third kappa shape index (κ3) is 4.57. The Kier molecular flexibility index (Phi) is 6.07. The highest BCUT2D eigenvalue weighted by Crippen LogP contribution is 2.19. The summed E-state index contributed by atoms with van der Waals surface area (Å²) >= 11 is 0. The average Bonchev–Trinajstić information content (AvgIpc) is 3.21. The van der Waals surface area contributed by atoms with Crippen molar-refractivity contribution < 1.29 is 9.59 Å². The van der Waals surface area contributed by atoms with E-state index in [1.807, 2.05) is 79.7 Å². The number of aromatic nitrogens is 1. The van der Waals surface area contributed by atoms with Crippen molar-refractivity contribution >= 4 is 17.4 Å². The lowest BCUT2D eigenvalue weighted by atomic mass is 10.1. The SMILES string of the molecule is CN(C)C=C(C(=O)n1cccc1C(=O)NCc1ccccc1)c1ccccc1. The van der Waals surface area contributed by atoms with Crippen molar-refractivity contribution in [3.05, 3.63) is 102 Å². The van der Waals surface area contributed by atoms with Crippen molar-refractivity contribution in [2.24, 2.45) is 0 Å². The van der Waals surface area contributed by atoms with Gasteiger partial charge in [0, 0.05) is 33.0 Å². The Morgan fingerprint density at radius 2 is 1.57 bits per heavy atom. The highest BCUT2D eigenvalue weighted by Gasteiger charge is 2.20. The third-order valence-electron chi connectivity index (χ3n) is 4.20. The van der Waals surface area contributed by atoms with Crippen LogP contribution >= 0.6 is 0 Å². The number of hydrogen-bond acceptors (Lipinski definition) is 3. The number of nitrogens with zero attached hydrogens (tertiary/aromatic N) is 2. The largest absolute Gasteiger partial charge is 0.383 e. The number of hydrogen-bond donors (Lipinski definition) is 1. The first-order chi connectivity index (χ1) is 13.6. The monoisotopic (exact) mass is 373 g/mol. The lowest BCUT2D eigenvalue weighted by molar-refractivity contribution is 0.0907. The Morgan fingerprint density at radius 1 is 0.929 bits per heavy atom. The van der Waals surface area contributed by atoms with Gasteiger partial charge in [-0.25, -0.2) is 0 Å². The first-order valence-corrected chi connectivity index (χ1v) is 9.04. The van der Waals surface area contributed by atoms with Gasteiger partial charge in [0.05, 0.1) is 5.57 Å². The van der Waals surface area contributed by atoms with Crippen LogP contribution in [0, 0.1) is 0 Å². The Labute approximate surface area is 164 Å². The topological polar surface area (TPSA) is 54.3 Å². The Hall–Kier alpha value is -3.60. The number of carbonyl (C=O) groups excluding carboxylic acids is 2. The molecule has 0 aliphatic heterocycles. The summed E-state index contributed by atoms with van der Waals surface area (Å²) in [7, 11) is 3.72. The fraction of sp³-hybridized carbons (Fsp3) is 0.130. The number of benzene rings is 2. The molecule has 5 heteroatoms. The molecular formula is C23H23N3O2. The second-order valence-electron chi connectivity index (χ2n) is 6.61. The van der Waals surface area contributed by atoms with Gasteiger partial charge >= 0.3 is 0 Å².